The molecule has 0 saturated heterocycles. The molecule has 3 aromatic rings. The van der Waals surface area contributed by atoms with Crippen LogP contribution >= 0.6 is 0 Å². The van der Waals surface area contributed by atoms with E-state index in [4.69, 9.17) is 0 Å². The average Bonchev–Trinajstić information content (AvgIpc) is 2.95. The van der Waals surface area contributed by atoms with E-state index < -0.39 is 17.6 Å². The first-order valence-corrected chi connectivity index (χ1v) is 8.84. The molecular formula is C20H21F4N5. The van der Waals surface area contributed by atoms with Crippen molar-refractivity contribution in [2.75, 3.05) is 19.4 Å². The molecule has 1 N–H and O–H groups in total. The van der Waals surface area contributed by atoms with Gasteiger partial charge < -0.3 is 14.8 Å². The third-order valence-electron chi connectivity index (χ3n) is 4.25. The minimum atomic E-state index is -4.47. The zero-order valence-corrected chi connectivity index (χ0v) is 16.5. The first-order valence-electron chi connectivity index (χ1n) is 8.84. The van der Waals surface area contributed by atoms with Gasteiger partial charge >= 0.3 is 6.18 Å². The molecule has 29 heavy (non-hydrogen) atoms. The molecule has 0 spiro atoms. The van der Waals surface area contributed by atoms with Gasteiger partial charge in [-0.2, -0.15) is 18.2 Å². The first kappa shape index (κ1) is 20.8. The van der Waals surface area contributed by atoms with Crippen molar-refractivity contribution in [3.63, 3.8) is 0 Å². The van der Waals surface area contributed by atoms with Gasteiger partial charge in [-0.3, -0.25) is 0 Å². The molecule has 0 fully saturated rings. The second-order valence-electron chi connectivity index (χ2n) is 7.19. The fourth-order valence-corrected chi connectivity index (χ4v) is 2.97. The maximum Gasteiger partial charge on any atom is 0.416 e. The van der Waals surface area contributed by atoms with E-state index in [1.54, 1.807) is 23.9 Å². The van der Waals surface area contributed by atoms with E-state index >= 15 is 0 Å². The lowest BCUT2D eigenvalue weighted by atomic mass is 10.1. The van der Waals surface area contributed by atoms with Crippen LogP contribution in [0.1, 0.15) is 22.3 Å². The van der Waals surface area contributed by atoms with E-state index in [0.717, 1.165) is 29.5 Å². The topological polar surface area (TPSA) is 46.0 Å². The molecule has 9 heteroatoms. The fraction of sp³-hybridized carbons (Fsp3) is 0.300. The lowest BCUT2D eigenvalue weighted by molar-refractivity contribution is -0.137. The molecule has 0 unspecified atom stereocenters. The highest BCUT2D eigenvalue weighted by atomic mass is 19.4. The van der Waals surface area contributed by atoms with Gasteiger partial charge in [0.15, 0.2) is 11.6 Å². The molecule has 0 aliphatic carbocycles. The summed E-state index contributed by atoms with van der Waals surface area (Å²) in [5.41, 5.74) is 1.80. The van der Waals surface area contributed by atoms with E-state index in [1.165, 1.54) is 6.07 Å². The molecule has 154 valence electrons. The smallest absolute Gasteiger partial charge is 0.324 e. The van der Waals surface area contributed by atoms with Crippen LogP contribution in [0, 0.1) is 19.7 Å². The van der Waals surface area contributed by atoms with E-state index in [1.807, 2.05) is 25.9 Å². The first-order chi connectivity index (χ1) is 13.5. The SMILES string of the molecule is Cc1cc(Nc2ncc(F)c(-n3cc(C)c(CN(C)C)c3)n2)cc(C(F)(F)F)c1. The number of halogens is 4. The summed E-state index contributed by atoms with van der Waals surface area (Å²) in [6.07, 6.45) is 0.0518. The van der Waals surface area contributed by atoms with Gasteiger partial charge in [0.25, 0.3) is 0 Å². The van der Waals surface area contributed by atoms with Crippen LogP contribution in [0.5, 0.6) is 0 Å². The van der Waals surface area contributed by atoms with Crippen LogP contribution in [0.15, 0.2) is 36.8 Å². The van der Waals surface area contributed by atoms with Crippen molar-refractivity contribution in [1.29, 1.82) is 0 Å². The standard InChI is InChI=1S/C20H21F4N5/c1-12-5-15(20(22,23)24)7-16(6-12)26-19-25-8-17(21)18(27-19)29-9-13(2)14(11-29)10-28(3)4/h5-9,11H,10H2,1-4H3,(H,25,26,27). The normalized spacial score (nSPS) is 11.9. The summed E-state index contributed by atoms with van der Waals surface area (Å²) in [5, 5.41) is 2.74. The van der Waals surface area contributed by atoms with Crippen molar-refractivity contribution >= 4 is 11.6 Å². The zero-order chi connectivity index (χ0) is 21.3. The minimum absolute atomic E-state index is 0.000590. The molecule has 0 aliphatic heterocycles. The molecule has 5 nitrogen and oxygen atoms in total. The van der Waals surface area contributed by atoms with Gasteiger partial charge in [0.05, 0.1) is 11.8 Å². The van der Waals surface area contributed by atoms with Gasteiger partial charge in [-0.15, -0.1) is 0 Å². The second kappa shape index (κ2) is 7.82. The third-order valence-corrected chi connectivity index (χ3v) is 4.25. The second-order valence-corrected chi connectivity index (χ2v) is 7.19. The Labute approximate surface area is 166 Å². The quantitative estimate of drug-likeness (QED) is 0.615. The van der Waals surface area contributed by atoms with Crippen molar-refractivity contribution in [1.82, 2.24) is 19.4 Å². The van der Waals surface area contributed by atoms with Gasteiger partial charge in [0.1, 0.15) is 0 Å². The number of aryl methyl sites for hydroxylation is 2. The number of anilines is 2. The molecule has 0 atom stereocenters. The Morgan fingerprint density at radius 1 is 1.10 bits per heavy atom. The Hall–Kier alpha value is -2.94. The van der Waals surface area contributed by atoms with Crippen molar-refractivity contribution in [3.8, 4) is 5.82 Å². The van der Waals surface area contributed by atoms with Gasteiger partial charge in [0, 0.05) is 24.6 Å². The molecule has 2 heterocycles. The number of hydrogen-bond acceptors (Lipinski definition) is 4. The molecular weight excluding hydrogens is 386 g/mol. The number of alkyl halides is 3. The van der Waals surface area contributed by atoms with E-state index in [2.05, 4.69) is 15.3 Å². The summed E-state index contributed by atoms with van der Waals surface area (Å²) in [7, 11) is 3.86. The Morgan fingerprint density at radius 2 is 1.83 bits per heavy atom. The molecule has 3 rings (SSSR count). The third kappa shape index (κ3) is 4.92. The highest BCUT2D eigenvalue weighted by Crippen LogP contribution is 2.32. The molecule has 0 radical (unpaired) electrons. The molecule has 0 amide bonds. The fourth-order valence-electron chi connectivity index (χ4n) is 2.97. The van der Waals surface area contributed by atoms with Crippen LogP contribution < -0.4 is 5.32 Å². The van der Waals surface area contributed by atoms with Gasteiger partial charge in [0.2, 0.25) is 5.95 Å². The lowest BCUT2D eigenvalue weighted by Gasteiger charge is -2.12. The molecule has 2 aromatic heterocycles. The van der Waals surface area contributed by atoms with E-state index in [-0.39, 0.29) is 17.5 Å². The van der Waals surface area contributed by atoms with Crippen molar-refractivity contribution < 1.29 is 17.6 Å². The molecule has 1 aromatic carbocycles. The number of benzene rings is 1. The Kier molecular flexibility index (Phi) is 5.61. The van der Waals surface area contributed by atoms with Gasteiger partial charge in [-0.1, -0.05) is 0 Å². The lowest BCUT2D eigenvalue weighted by Crippen LogP contribution is -2.10. The number of aromatic nitrogens is 3. The maximum atomic E-state index is 14.3. The number of nitrogens with one attached hydrogen (secondary N) is 1. The summed E-state index contributed by atoms with van der Waals surface area (Å²) in [5.74, 6) is -0.623. The summed E-state index contributed by atoms with van der Waals surface area (Å²) >= 11 is 0. The van der Waals surface area contributed by atoms with Crippen LogP contribution in [-0.2, 0) is 12.7 Å². The maximum absolute atomic E-state index is 14.3. The summed E-state index contributed by atoms with van der Waals surface area (Å²) in [6.45, 7) is 4.16. The van der Waals surface area contributed by atoms with Crippen molar-refractivity contribution in [2.24, 2.45) is 0 Å². The molecule has 0 aliphatic rings. The van der Waals surface area contributed by atoms with Crippen molar-refractivity contribution in [3.05, 3.63) is 64.9 Å². The van der Waals surface area contributed by atoms with Crippen molar-refractivity contribution in [2.45, 2.75) is 26.6 Å². The predicted molar refractivity (Wildman–Crippen MR) is 103 cm³/mol. The monoisotopic (exact) mass is 407 g/mol. The summed E-state index contributed by atoms with van der Waals surface area (Å²) < 4.78 is 55.0. The van der Waals surface area contributed by atoms with Crippen LogP contribution in [-0.4, -0.2) is 33.5 Å². The average molecular weight is 407 g/mol. The molecule has 0 bridgehead atoms. The van der Waals surface area contributed by atoms with Crippen LogP contribution in [0.4, 0.5) is 29.2 Å². The van der Waals surface area contributed by atoms with Gasteiger partial charge in [-0.05, 0) is 62.8 Å². The van der Waals surface area contributed by atoms with Crippen LogP contribution in [0.3, 0.4) is 0 Å². The molecule has 0 saturated carbocycles. The van der Waals surface area contributed by atoms with Gasteiger partial charge in [-0.25, -0.2) is 9.37 Å². The number of nitrogens with zero attached hydrogens (tertiary/aromatic N) is 4. The van der Waals surface area contributed by atoms with Crippen LogP contribution in [0.2, 0.25) is 0 Å². The Bertz CT molecular complexity index is 1020. The largest absolute Gasteiger partial charge is 0.416 e. The highest BCUT2D eigenvalue weighted by molar-refractivity contribution is 5.57. The number of hydrogen-bond donors (Lipinski definition) is 1. The zero-order valence-electron chi connectivity index (χ0n) is 16.5. The minimum Gasteiger partial charge on any atom is -0.324 e. The van der Waals surface area contributed by atoms with E-state index in [9.17, 15) is 17.6 Å². The highest BCUT2D eigenvalue weighted by Gasteiger charge is 2.31. The Balaban J connectivity index is 1.94. The summed E-state index contributed by atoms with van der Waals surface area (Å²) in [4.78, 5) is 10.0. The number of rotatable bonds is 5. The van der Waals surface area contributed by atoms with E-state index in [0.29, 0.717) is 12.1 Å². The Morgan fingerprint density at radius 3 is 2.48 bits per heavy atom. The van der Waals surface area contributed by atoms with Crippen LogP contribution in [0.25, 0.3) is 5.82 Å². The predicted octanol–water partition coefficient (Wildman–Crippen LogP) is 4.85. The summed E-state index contributed by atoms with van der Waals surface area (Å²) in [6, 6.07) is 3.56.